The second kappa shape index (κ2) is 11.9. The third kappa shape index (κ3) is 5.06. The van der Waals surface area contributed by atoms with Crippen molar-refractivity contribution >= 4 is 43.6 Å². The van der Waals surface area contributed by atoms with Crippen LogP contribution in [0.5, 0.6) is 0 Å². The maximum absolute atomic E-state index is 6.77. The monoisotopic (exact) mass is 650 g/mol. The van der Waals surface area contributed by atoms with Crippen LogP contribution < -0.4 is 0 Å². The van der Waals surface area contributed by atoms with E-state index in [0.717, 1.165) is 66.0 Å². The van der Waals surface area contributed by atoms with Crippen LogP contribution in [0.2, 0.25) is 0 Å². The van der Waals surface area contributed by atoms with Gasteiger partial charge in [0.2, 0.25) is 0 Å². The fourth-order valence-corrected chi connectivity index (χ4v) is 7.32. The first kappa shape index (κ1) is 29.1. The summed E-state index contributed by atoms with van der Waals surface area (Å²) in [5, 5.41) is 5.44. The number of aromatic nitrogens is 2. The van der Waals surface area contributed by atoms with Gasteiger partial charge in [0, 0.05) is 21.9 Å². The smallest absolute Gasteiger partial charge is 0.180 e. The topological polar surface area (TPSA) is 38.9 Å². The summed E-state index contributed by atoms with van der Waals surface area (Å²) in [6.07, 6.45) is 0. The molecule has 0 spiro atoms. The molecule has 0 atom stereocenters. The van der Waals surface area contributed by atoms with E-state index in [9.17, 15) is 0 Å². The minimum atomic E-state index is 0.677. The predicted molar refractivity (Wildman–Crippen MR) is 212 cm³/mol. The SMILES string of the molecule is c1ccc(-c2ccc(-c3cccc(-c4cccc(-c5nc(-c6cccc7ccccc67)nc6c5oc5c7ccccc7ccc65)c4)c3)cc2)cc1. The average Bonchev–Trinajstić information content (AvgIpc) is 3.60. The van der Waals surface area contributed by atoms with E-state index in [0.29, 0.717) is 11.4 Å². The van der Waals surface area contributed by atoms with Crippen LogP contribution in [0.4, 0.5) is 0 Å². The van der Waals surface area contributed by atoms with Gasteiger partial charge in [0.15, 0.2) is 11.4 Å². The Labute approximate surface area is 295 Å². The second-order valence-corrected chi connectivity index (χ2v) is 13.0. The summed E-state index contributed by atoms with van der Waals surface area (Å²) in [6.45, 7) is 0. The number of furan rings is 1. The molecule has 3 heteroatoms. The lowest BCUT2D eigenvalue weighted by molar-refractivity contribution is 0.671. The van der Waals surface area contributed by atoms with Crippen molar-refractivity contribution in [1.82, 2.24) is 9.97 Å². The molecule has 0 bridgehead atoms. The highest BCUT2D eigenvalue weighted by Gasteiger charge is 2.20. The van der Waals surface area contributed by atoms with E-state index in [4.69, 9.17) is 14.4 Å². The number of rotatable bonds is 5. The molecule has 0 saturated heterocycles. The number of benzene rings is 8. The molecule has 10 rings (SSSR count). The molecule has 0 N–H and O–H groups in total. The van der Waals surface area contributed by atoms with Crippen LogP contribution >= 0.6 is 0 Å². The zero-order valence-electron chi connectivity index (χ0n) is 27.6. The fraction of sp³-hybridized carbons (Fsp3) is 0. The molecule has 51 heavy (non-hydrogen) atoms. The van der Waals surface area contributed by atoms with Crippen LogP contribution in [-0.2, 0) is 0 Å². The third-order valence-corrected chi connectivity index (χ3v) is 9.89. The normalized spacial score (nSPS) is 11.5. The van der Waals surface area contributed by atoms with Crippen LogP contribution in [0, 0.1) is 0 Å². The predicted octanol–water partition coefficient (Wildman–Crippen LogP) is 13.0. The molecule has 0 fully saturated rings. The first-order valence-electron chi connectivity index (χ1n) is 17.2. The molecule has 0 radical (unpaired) electrons. The highest BCUT2D eigenvalue weighted by molar-refractivity contribution is 6.16. The zero-order valence-corrected chi connectivity index (χ0v) is 27.6. The highest BCUT2D eigenvalue weighted by atomic mass is 16.3. The van der Waals surface area contributed by atoms with E-state index >= 15 is 0 Å². The van der Waals surface area contributed by atoms with Crippen molar-refractivity contribution in [1.29, 1.82) is 0 Å². The van der Waals surface area contributed by atoms with E-state index in [1.54, 1.807) is 0 Å². The molecule has 0 unspecified atom stereocenters. The molecule has 0 aliphatic carbocycles. The Morgan fingerprint density at radius 3 is 1.63 bits per heavy atom. The Kier molecular flexibility index (Phi) is 6.81. The van der Waals surface area contributed by atoms with Crippen molar-refractivity contribution in [2.24, 2.45) is 0 Å². The molecule has 0 aliphatic heterocycles. The molecular formula is C48H30N2O. The Bertz CT molecular complexity index is 2900. The summed E-state index contributed by atoms with van der Waals surface area (Å²) in [5.41, 5.74) is 12.1. The Balaban J connectivity index is 1.13. The van der Waals surface area contributed by atoms with Gasteiger partial charge in [-0.1, -0.05) is 164 Å². The summed E-state index contributed by atoms with van der Waals surface area (Å²) in [5.74, 6) is 0.677. The summed E-state index contributed by atoms with van der Waals surface area (Å²) in [7, 11) is 0. The van der Waals surface area contributed by atoms with E-state index in [2.05, 4.69) is 176 Å². The molecule has 2 aromatic heterocycles. The highest BCUT2D eigenvalue weighted by Crippen LogP contribution is 2.40. The lowest BCUT2D eigenvalue weighted by atomic mass is 9.96. The fourth-order valence-electron chi connectivity index (χ4n) is 7.32. The van der Waals surface area contributed by atoms with Gasteiger partial charge >= 0.3 is 0 Å². The van der Waals surface area contributed by atoms with Gasteiger partial charge in [0.1, 0.15) is 16.8 Å². The van der Waals surface area contributed by atoms with Crippen LogP contribution in [0.25, 0.3) is 99.6 Å². The van der Waals surface area contributed by atoms with Crippen LogP contribution in [-0.4, -0.2) is 9.97 Å². The number of hydrogen-bond donors (Lipinski definition) is 0. The minimum absolute atomic E-state index is 0.677. The van der Waals surface area contributed by atoms with E-state index in [1.165, 1.54) is 22.3 Å². The van der Waals surface area contributed by atoms with Crippen molar-refractivity contribution in [3.8, 4) is 56.0 Å². The molecule has 10 aromatic rings. The molecule has 0 aliphatic rings. The van der Waals surface area contributed by atoms with Crippen molar-refractivity contribution in [2.45, 2.75) is 0 Å². The van der Waals surface area contributed by atoms with Crippen molar-refractivity contribution < 1.29 is 4.42 Å². The summed E-state index contributed by atoms with van der Waals surface area (Å²) in [4.78, 5) is 10.5. The first-order chi connectivity index (χ1) is 25.3. The van der Waals surface area contributed by atoms with Crippen LogP contribution in [0.15, 0.2) is 186 Å². The summed E-state index contributed by atoms with van der Waals surface area (Å²) >= 11 is 0. The number of fused-ring (bicyclic) bond motifs is 6. The van der Waals surface area contributed by atoms with Crippen molar-refractivity contribution in [3.63, 3.8) is 0 Å². The number of hydrogen-bond acceptors (Lipinski definition) is 3. The minimum Gasteiger partial charge on any atom is -0.451 e. The van der Waals surface area contributed by atoms with Crippen LogP contribution in [0.1, 0.15) is 0 Å². The molecular weight excluding hydrogens is 621 g/mol. The van der Waals surface area contributed by atoms with E-state index in [-0.39, 0.29) is 0 Å². The number of nitrogens with zero attached hydrogens (tertiary/aromatic N) is 2. The van der Waals surface area contributed by atoms with E-state index in [1.807, 2.05) is 6.07 Å². The Morgan fingerprint density at radius 2 is 0.863 bits per heavy atom. The zero-order chi connectivity index (χ0) is 33.7. The molecule has 2 heterocycles. The molecule has 0 amide bonds. The van der Waals surface area contributed by atoms with Crippen molar-refractivity contribution in [3.05, 3.63) is 182 Å². The second-order valence-electron chi connectivity index (χ2n) is 13.0. The van der Waals surface area contributed by atoms with Gasteiger partial charge in [-0.2, -0.15) is 0 Å². The average molecular weight is 651 g/mol. The first-order valence-corrected chi connectivity index (χ1v) is 17.2. The maximum atomic E-state index is 6.77. The van der Waals surface area contributed by atoms with Gasteiger partial charge in [0.25, 0.3) is 0 Å². The quantitative estimate of drug-likeness (QED) is 0.186. The van der Waals surface area contributed by atoms with Gasteiger partial charge in [-0.05, 0) is 67.7 Å². The van der Waals surface area contributed by atoms with Gasteiger partial charge in [-0.25, -0.2) is 9.97 Å². The standard InChI is InChI=1S/C48H30N2O/c1-2-11-31(12-3-1)32-23-25-33(26-24-32)36-16-8-17-37(29-36)38-18-9-19-39(30-38)44-47-45(43-28-27-35-14-5-7-21-41(35)46(43)51-47)50-48(49-44)42-22-10-15-34-13-4-6-20-40(34)42/h1-30H. The summed E-state index contributed by atoms with van der Waals surface area (Å²) < 4.78 is 6.77. The van der Waals surface area contributed by atoms with Gasteiger partial charge in [-0.15, -0.1) is 0 Å². The van der Waals surface area contributed by atoms with E-state index < -0.39 is 0 Å². The van der Waals surface area contributed by atoms with Gasteiger partial charge in [-0.3, -0.25) is 0 Å². The molecule has 0 saturated carbocycles. The largest absolute Gasteiger partial charge is 0.451 e. The Hall–Kier alpha value is -6.84. The molecule has 3 nitrogen and oxygen atoms in total. The molecule has 8 aromatic carbocycles. The molecule has 238 valence electrons. The van der Waals surface area contributed by atoms with Crippen molar-refractivity contribution in [2.75, 3.05) is 0 Å². The van der Waals surface area contributed by atoms with Gasteiger partial charge < -0.3 is 4.42 Å². The maximum Gasteiger partial charge on any atom is 0.180 e. The summed E-state index contributed by atoms with van der Waals surface area (Å²) in [6, 6.07) is 64.0. The third-order valence-electron chi connectivity index (χ3n) is 9.89. The lowest BCUT2D eigenvalue weighted by Gasteiger charge is -2.11. The van der Waals surface area contributed by atoms with Gasteiger partial charge in [0.05, 0.1) is 0 Å². The lowest BCUT2D eigenvalue weighted by Crippen LogP contribution is -1.95. The van der Waals surface area contributed by atoms with Crippen LogP contribution in [0.3, 0.4) is 0 Å². The Morgan fingerprint density at radius 1 is 0.333 bits per heavy atom.